The molecule has 37 heavy (non-hydrogen) atoms. The number of nitrogens with zero attached hydrogens (tertiary/aromatic N) is 3. The van der Waals surface area contributed by atoms with Crippen molar-refractivity contribution in [3.05, 3.63) is 100 Å². The lowest BCUT2D eigenvalue weighted by atomic mass is 9.95. The Morgan fingerprint density at radius 1 is 1.00 bits per heavy atom. The second kappa shape index (κ2) is 9.55. The number of aromatic nitrogens is 2. The van der Waals surface area contributed by atoms with Crippen molar-refractivity contribution in [1.29, 1.82) is 0 Å². The van der Waals surface area contributed by atoms with Crippen LogP contribution in [0.5, 0.6) is 5.75 Å². The first kappa shape index (κ1) is 24.3. The Kier molecular flexibility index (Phi) is 6.26. The Hall–Kier alpha value is -4.44. The molecular weight excluding hydrogens is 509 g/mol. The van der Waals surface area contributed by atoms with Crippen molar-refractivity contribution in [2.75, 3.05) is 5.32 Å². The number of carboxylic acids is 1. The van der Waals surface area contributed by atoms with Crippen LogP contribution in [0.3, 0.4) is 0 Å². The Morgan fingerprint density at radius 2 is 1.76 bits per heavy atom. The van der Waals surface area contributed by atoms with Crippen LogP contribution in [0.2, 0.25) is 5.02 Å². The molecule has 186 valence electrons. The van der Waals surface area contributed by atoms with E-state index in [9.17, 15) is 18.0 Å². The fourth-order valence-corrected chi connectivity index (χ4v) is 4.09. The van der Waals surface area contributed by atoms with Gasteiger partial charge in [-0.25, -0.2) is 14.8 Å². The molecular formula is C26H16ClF3N4O3. The third kappa shape index (κ3) is 5.24. The van der Waals surface area contributed by atoms with E-state index in [0.717, 1.165) is 0 Å². The quantitative estimate of drug-likeness (QED) is 0.310. The molecule has 0 aliphatic carbocycles. The highest BCUT2D eigenvalue weighted by molar-refractivity contribution is 6.31. The van der Waals surface area contributed by atoms with Gasteiger partial charge in [0.2, 0.25) is 5.95 Å². The highest BCUT2D eigenvalue weighted by Gasteiger charge is 2.33. The van der Waals surface area contributed by atoms with Crippen molar-refractivity contribution in [2.45, 2.75) is 12.9 Å². The molecule has 0 radical (unpaired) electrons. The van der Waals surface area contributed by atoms with Gasteiger partial charge in [-0.05, 0) is 48.5 Å². The highest BCUT2D eigenvalue weighted by atomic mass is 35.5. The number of alkyl halides is 3. The minimum absolute atomic E-state index is 0.102. The highest BCUT2D eigenvalue weighted by Crippen LogP contribution is 2.36. The summed E-state index contributed by atoms with van der Waals surface area (Å²) < 4.78 is 43.5. The zero-order valence-electron chi connectivity index (χ0n) is 18.8. The molecule has 7 nitrogen and oxygen atoms in total. The van der Waals surface area contributed by atoms with Gasteiger partial charge in [-0.15, -0.1) is 13.2 Å². The maximum atomic E-state index is 13.1. The van der Waals surface area contributed by atoms with Crippen molar-refractivity contribution in [1.82, 2.24) is 9.97 Å². The molecule has 0 spiro atoms. The maximum absolute atomic E-state index is 13.1. The standard InChI is InChI=1S/C26H16ClF3N4O3/c27-16-7-10-18-20(11-16)23(19-3-1-2-4-21(19)37-26(28,29)30)31-12-15-13-32-25(34-22(15)18)33-17-8-5-14(6-9-17)24(35)36/h1-11,13H,12H2,(H,35,36)(H,32,33,34). The topological polar surface area (TPSA) is 96.7 Å². The number of fused-ring (bicyclic) bond motifs is 3. The van der Waals surface area contributed by atoms with Gasteiger partial charge in [0.25, 0.3) is 0 Å². The van der Waals surface area contributed by atoms with Crippen LogP contribution < -0.4 is 10.1 Å². The van der Waals surface area contributed by atoms with E-state index in [-0.39, 0.29) is 35.1 Å². The van der Waals surface area contributed by atoms with Crippen LogP contribution in [-0.2, 0) is 6.54 Å². The minimum atomic E-state index is -4.88. The summed E-state index contributed by atoms with van der Waals surface area (Å²) in [4.78, 5) is 24.7. The normalized spacial score (nSPS) is 12.6. The Morgan fingerprint density at radius 3 is 2.49 bits per heavy atom. The molecule has 0 fully saturated rings. The second-order valence-electron chi connectivity index (χ2n) is 7.97. The lowest BCUT2D eigenvalue weighted by Crippen LogP contribution is -2.19. The number of nitrogens with one attached hydrogen (secondary N) is 1. The van der Waals surface area contributed by atoms with E-state index < -0.39 is 12.3 Å². The first-order valence-corrected chi connectivity index (χ1v) is 11.2. The molecule has 5 rings (SSSR count). The van der Waals surface area contributed by atoms with E-state index in [1.165, 1.54) is 30.3 Å². The minimum Gasteiger partial charge on any atom is -0.478 e. The molecule has 2 N–H and O–H groups in total. The summed E-state index contributed by atoms with van der Waals surface area (Å²) in [5.74, 6) is -1.18. The number of hydrogen-bond acceptors (Lipinski definition) is 6. The van der Waals surface area contributed by atoms with Crippen molar-refractivity contribution < 1.29 is 27.8 Å². The Bertz CT molecular complexity index is 1540. The van der Waals surface area contributed by atoms with E-state index in [1.807, 2.05) is 0 Å². The van der Waals surface area contributed by atoms with Crippen molar-refractivity contribution in [3.8, 4) is 17.0 Å². The zero-order valence-corrected chi connectivity index (χ0v) is 19.5. The number of benzene rings is 3. The predicted molar refractivity (Wildman–Crippen MR) is 132 cm³/mol. The van der Waals surface area contributed by atoms with Gasteiger partial charge in [-0.1, -0.05) is 29.8 Å². The average molecular weight is 525 g/mol. The van der Waals surface area contributed by atoms with Crippen molar-refractivity contribution in [2.24, 2.45) is 4.99 Å². The fourth-order valence-electron chi connectivity index (χ4n) is 3.92. The fraction of sp³-hybridized carbons (Fsp3) is 0.0769. The number of carboxylic acid groups (broad SMARTS) is 1. The summed E-state index contributed by atoms with van der Waals surface area (Å²) in [6, 6.07) is 16.9. The number of carbonyl (C=O) groups is 1. The van der Waals surface area contributed by atoms with Gasteiger partial charge in [0.1, 0.15) is 5.75 Å². The Balaban J connectivity index is 1.57. The first-order valence-electron chi connectivity index (χ1n) is 10.8. The monoisotopic (exact) mass is 524 g/mol. The van der Waals surface area contributed by atoms with Crippen LogP contribution in [0.25, 0.3) is 11.3 Å². The van der Waals surface area contributed by atoms with Gasteiger partial charge in [0.05, 0.1) is 23.5 Å². The van der Waals surface area contributed by atoms with Crippen LogP contribution in [-0.4, -0.2) is 33.1 Å². The summed E-state index contributed by atoms with van der Waals surface area (Å²) in [5, 5.41) is 12.5. The van der Waals surface area contributed by atoms with Gasteiger partial charge in [-0.3, -0.25) is 4.99 Å². The lowest BCUT2D eigenvalue weighted by Gasteiger charge is -2.16. The number of hydrogen-bond donors (Lipinski definition) is 2. The maximum Gasteiger partial charge on any atom is 0.573 e. The predicted octanol–water partition coefficient (Wildman–Crippen LogP) is 6.49. The molecule has 0 amide bonds. The van der Waals surface area contributed by atoms with Crippen LogP contribution in [0.4, 0.5) is 24.8 Å². The number of aromatic carboxylic acids is 1. The second-order valence-corrected chi connectivity index (χ2v) is 8.41. The van der Waals surface area contributed by atoms with Gasteiger partial charge >= 0.3 is 12.3 Å². The molecule has 0 saturated heterocycles. The number of aliphatic imine (C=N–C) groups is 1. The molecule has 1 aliphatic rings. The largest absolute Gasteiger partial charge is 0.573 e. The van der Waals surface area contributed by atoms with Gasteiger partial charge in [-0.2, -0.15) is 0 Å². The Labute approximate surface area is 213 Å². The molecule has 3 aromatic carbocycles. The summed E-state index contributed by atoms with van der Waals surface area (Å²) in [5.41, 5.74) is 3.40. The van der Waals surface area contributed by atoms with Crippen molar-refractivity contribution >= 4 is 34.9 Å². The van der Waals surface area contributed by atoms with E-state index >= 15 is 0 Å². The van der Waals surface area contributed by atoms with Gasteiger partial charge < -0.3 is 15.2 Å². The smallest absolute Gasteiger partial charge is 0.478 e. The summed E-state index contributed by atoms with van der Waals surface area (Å²) >= 11 is 6.28. The number of rotatable bonds is 5. The zero-order chi connectivity index (χ0) is 26.2. The summed E-state index contributed by atoms with van der Waals surface area (Å²) in [6.45, 7) is 0.102. The first-order chi connectivity index (χ1) is 17.7. The van der Waals surface area contributed by atoms with Crippen molar-refractivity contribution in [3.63, 3.8) is 0 Å². The van der Waals surface area contributed by atoms with E-state index in [4.69, 9.17) is 16.7 Å². The molecule has 1 aromatic heterocycles. The third-order valence-corrected chi connectivity index (χ3v) is 5.75. The van der Waals surface area contributed by atoms with E-state index in [1.54, 1.807) is 42.6 Å². The molecule has 11 heteroatoms. The number of ether oxygens (including phenoxy) is 1. The summed E-state index contributed by atoms with van der Waals surface area (Å²) in [6.07, 6.45) is -3.30. The molecule has 0 atom stereocenters. The molecule has 4 aromatic rings. The van der Waals surface area contributed by atoms with E-state index in [0.29, 0.717) is 33.1 Å². The van der Waals surface area contributed by atoms with Gasteiger partial charge in [0, 0.05) is 39.2 Å². The van der Waals surface area contributed by atoms with Gasteiger partial charge in [0.15, 0.2) is 0 Å². The van der Waals surface area contributed by atoms with Crippen LogP contribution in [0, 0.1) is 0 Å². The average Bonchev–Trinajstić information content (AvgIpc) is 3.00. The molecule has 1 aliphatic heterocycles. The van der Waals surface area contributed by atoms with Crippen LogP contribution in [0.1, 0.15) is 27.0 Å². The SMILES string of the molecule is O=C(O)c1ccc(Nc2ncc3c(n2)-c2ccc(Cl)cc2C(c2ccccc2OC(F)(F)F)=NC3)cc1. The van der Waals surface area contributed by atoms with E-state index in [2.05, 4.69) is 25.0 Å². The number of para-hydroxylation sites is 1. The van der Waals surface area contributed by atoms with Crippen LogP contribution in [0.15, 0.2) is 77.9 Å². The molecule has 0 unspecified atom stereocenters. The lowest BCUT2D eigenvalue weighted by molar-refractivity contribution is -0.274. The summed E-state index contributed by atoms with van der Waals surface area (Å²) in [7, 11) is 0. The number of halogens is 4. The molecule has 0 saturated carbocycles. The molecule has 0 bridgehead atoms. The van der Waals surface area contributed by atoms with Crippen LogP contribution >= 0.6 is 11.6 Å². The third-order valence-electron chi connectivity index (χ3n) is 5.52. The molecule has 2 heterocycles. The number of anilines is 2.